The summed E-state index contributed by atoms with van der Waals surface area (Å²) in [6, 6.07) is 15.6. The Bertz CT molecular complexity index is 945. The Morgan fingerprint density at radius 2 is 2.00 bits per heavy atom. The summed E-state index contributed by atoms with van der Waals surface area (Å²) >= 11 is 3.47. The van der Waals surface area contributed by atoms with Gasteiger partial charge < -0.3 is 9.64 Å². The Morgan fingerprint density at radius 3 is 2.71 bits per heavy atom. The number of amides is 1. The monoisotopic (exact) mass is 443 g/mol. The molecule has 2 aromatic carbocycles. The van der Waals surface area contributed by atoms with Crippen LogP contribution in [0.25, 0.3) is 0 Å². The van der Waals surface area contributed by atoms with E-state index in [-0.39, 0.29) is 18.5 Å². The summed E-state index contributed by atoms with van der Waals surface area (Å²) in [6.07, 6.45) is 0.459. The van der Waals surface area contributed by atoms with E-state index >= 15 is 0 Å². The lowest BCUT2D eigenvalue weighted by Gasteiger charge is -2.25. The van der Waals surface area contributed by atoms with Crippen molar-refractivity contribution in [3.05, 3.63) is 70.0 Å². The molecule has 1 aromatic heterocycles. The molecule has 3 rings (SSSR count). The molecule has 146 valence electrons. The quantitative estimate of drug-likeness (QED) is 0.560. The highest BCUT2D eigenvalue weighted by molar-refractivity contribution is 9.10. The van der Waals surface area contributed by atoms with E-state index in [0.717, 1.165) is 21.3 Å². The fourth-order valence-electron chi connectivity index (χ4n) is 2.94. The zero-order chi connectivity index (χ0) is 20.1. The number of carbonyl (C=O) groups is 1. The van der Waals surface area contributed by atoms with E-state index in [1.807, 2.05) is 55.5 Å². The maximum Gasteiger partial charge on any atom is 0.244 e. The van der Waals surface area contributed by atoms with Crippen molar-refractivity contribution >= 4 is 21.8 Å². The fraction of sp³-hybridized carbons (Fsp3) is 0.300. The predicted molar refractivity (Wildman–Crippen MR) is 109 cm³/mol. The van der Waals surface area contributed by atoms with Crippen molar-refractivity contribution < 1.29 is 9.53 Å². The van der Waals surface area contributed by atoms with Crippen LogP contribution in [0.4, 0.5) is 0 Å². The molecule has 0 bridgehead atoms. The van der Waals surface area contributed by atoms with Crippen LogP contribution < -0.4 is 4.74 Å². The molecule has 0 aliphatic rings. The molecule has 0 aliphatic heterocycles. The van der Waals surface area contributed by atoms with Crippen LogP contribution in [0, 0.1) is 0 Å². The van der Waals surface area contributed by atoms with Gasteiger partial charge in [0.25, 0.3) is 0 Å². The largest absolute Gasteiger partial charge is 0.496 e. The SMILES string of the molecule is COc1ccc(Br)cc1Cc1nnnn1CC(=O)N(C)C(C)c1ccccc1. The molecule has 3 aromatic rings. The molecule has 0 saturated carbocycles. The summed E-state index contributed by atoms with van der Waals surface area (Å²) in [5.41, 5.74) is 2.01. The molecule has 0 radical (unpaired) electrons. The molecule has 7 nitrogen and oxygen atoms in total. The highest BCUT2D eigenvalue weighted by atomic mass is 79.9. The Balaban J connectivity index is 1.73. The number of methoxy groups -OCH3 is 1. The molecule has 0 saturated heterocycles. The Kier molecular flexibility index (Phi) is 6.41. The zero-order valence-corrected chi connectivity index (χ0v) is 17.6. The van der Waals surface area contributed by atoms with Gasteiger partial charge in [-0.15, -0.1) is 5.10 Å². The second kappa shape index (κ2) is 8.97. The van der Waals surface area contributed by atoms with Gasteiger partial charge in [0.1, 0.15) is 12.3 Å². The van der Waals surface area contributed by atoms with Crippen LogP contribution in [0.1, 0.15) is 29.9 Å². The second-order valence-electron chi connectivity index (χ2n) is 6.48. The Morgan fingerprint density at radius 1 is 1.25 bits per heavy atom. The van der Waals surface area contributed by atoms with Crippen molar-refractivity contribution in [1.82, 2.24) is 25.1 Å². The van der Waals surface area contributed by atoms with Crippen molar-refractivity contribution in [3.8, 4) is 5.75 Å². The summed E-state index contributed by atoms with van der Waals surface area (Å²) in [4.78, 5) is 14.5. The van der Waals surface area contributed by atoms with E-state index in [4.69, 9.17) is 4.74 Å². The molecule has 0 N–H and O–H groups in total. The summed E-state index contributed by atoms with van der Waals surface area (Å²) in [5.74, 6) is 1.29. The third kappa shape index (κ3) is 4.56. The maximum absolute atomic E-state index is 12.8. The first-order valence-corrected chi connectivity index (χ1v) is 9.67. The number of ether oxygens (including phenoxy) is 1. The lowest BCUT2D eigenvalue weighted by atomic mass is 10.1. The minimum Gasteiger partial charge on any atom is -0.496 e. The molecule has 1 heterocycles. The van der Waals surface area contributed by atoms with E-state index in [1.54, 1.807) is 19.1 Å². The van der Waals surface area contributed by atoms with Gasteiger partial charge in [-0.2, -0.15) is 0 Å². The van der Waals surface area contributed by atoms with Crippen molar-refractivity contribution in [2.75, 3.05) is 14.2 Å². The zero-order valence-electron chi connectivity index (χ0n) is 16.0. The fourth-order valence-corrected chi connectivity index (χ4v) is 3.35. The third-order valence-corrected chi connectivity index (χ3v) is 5.23. The Labute approximate surface area is 172 Å². The van der Waals surface area contributed by atoms with Crippen LogP contribution >= 0.6 is 15.9 Å². The highest BCUT2D eigenvalue weighted by Gasteiger charge is 2.20. The van der Waals surface area contributed by atoms with Gasteiger partial charge in [0.05, 0.1) is 13.2 Å². The van der Waals surface area contributed by atoms with Crippen LogP contribution in [0.3, 0.4) is 0 Å². The summed E-state index contributed by atoms with van der Waals surface area (Å²) in [6.45, 7) is 2.08. The minimum atomic E-state index is -0.0638. The molecule has 8 heteroatoms. The van der Waals surface area contributed by atoms with Crippen LogP contribution in [0.5, 0.6) is 5.75 Å². The van der Waals surface area contributed by atoms with Gasteiger partial charge in [-0.25, -0.2) is 4.68 Å². The summed E-state index contributed by atoms with van der Waals surface area (Å²) in [5, 5.41) is 11.8. The van der Waals surface area contributed by atoms with Gasteiger partial charge in [0, 0.05) is 23.5 Å². The maximum atomic E-state index is 12.8. The van der Waals surface area contributed by atoms with Gasteiger partial charge in [0.2, 0.25) is 5.91 Å². The first-order valence-electron chi connectivity index (χ1n) is 8.87. The molecule has 1 unspecified atom stereocenters. The van der Waals surface area contributed by atoms with Crippen LogP contribution in [-0.4, -0.2) is 45.2 Å². The van der Waals surface area contributed by atoms with E-state index in [9.17, 15) is 4.79 Å². The van der Waals surface area contributed by atoms with Crippen molar-refractivity contribution in [1.29, 1.82) is 0 Å². The molecule has 1 amide bonds. The molecule has 28 heavy (non-hydrogen) atoms. The average molecular weight is 444 g/mol. The summed E-state index contributed by atoms with van der Waals surface area (Å²) < 4.78 is 7.89. The van der Waals surface area contributed by atoms with Gasteiger partial charge in [-0.1, -0.05) is 46.3 Å². The van der Waals surface area contributed by atoms with Crippen LogP contribution in [0.2, 0.25) is 0 Å². The number of likely N-dealkylation sites (N-methyl/N-ethyl adjacent to an activating group) is 1. The van der Waals surface area contributed by atoms with Crippen LogP contribution in [0.15, 0.2) is 53.0 Å². The standard InChI is InChI=1S/C20H22BrN5O2/c1-14(15-7-5-4-6-8-15)25(2)20(27)13-26-19(22-23-24-26)12-16-11-17(21)9-10-18(16)28-3/h4-11,14H,12-13H2,1-3H3. The van der Waals surface area contributed by atoms with Gasteiger partial charge in [0.15, 0.2) is 5.82 Å². The topological polar surface area (TPSA) is 73.1 Å². The molecule has 0 fully saturated rings. The first-order chi connectivity index (χ1) is 13.5. The highest BCUT2D eigenvalue weighted by Crippen LogP contribution is 2.25. The van der Waals surface area contributed by atoms with Crippen molar-refractivity contribution in [3.63, 3.8) is 0 Å². The van der Waals surface area contributed by atoms with E-state index < -0.39 is 0 Å². The van der Waals surface area contributed by atoms with E-state index in [1.165, 1.54) is 4.68 Å². The Hall–Kier alpha value is -2.74. The van der Waals surface area contributed by atoms with Gasteiger partial charge in [-0.05, 0) is 41.1 Å². The lowest BCUT2D eigenvalue weighted by molar-refractivity contribution is -0.132. The predicted octanol–water partition coefficient (Wildman–Crippen LogP) is 3.25. The number of hydrogen-bond donors (Lipinski definition) is 0. The van der Waals surface area contributed by atoms with Crippen molar-refractivity contribution in [2.45, 2.75) is 25.9 Å². The number of benzene rings is 2. The smallest absolute Gasteiger partial charge is 0.244 e. The van der Waals surface area contributed by atoms with Gasteiger partial charge in [-0.3, -0.25) is 4.79 Å². The van der Waals surface area contributed by atoms with E-state index in [2.05, 4.69) is 31.5 Å². The van der Waals surface area contributed by atoms with Gasteiger partial charge >= 0.3 is 0 Å². The van der Waals surface area contributed by atoms with E-state index in [0.29, 0.717) is 12.2 Å². The molecule has 0 spiro atoms. The number of rotatable bonds is 7. The minimum absolute atomic E-state index is 0.0428. The average Bonchev–Trinajstić information content (AvgIpc) is 3.14. The molecule has 1 atom stereocenters. The molecule has 0 aliphatic carbocycles. The lowest BCUT2D eigenvalue weighted by Crippen LogP contribution is -2.33. The number of halogens is 1. The first kappa shape index (κ1) is 20.0. The number of tetrazole rings is 1. The second-order valence-corrected chi connectivity index (χ2v) is 7.39. The molecular formula is C20H22BrN5O2. The van der Waals surface area contributed by atoms with Crippen LogP contribution in [-0.2, 0) is 17.8 Å². The number of hydrogen-bond acceptors (Lipinski definition) is 5. The normalized spacial score (nSPS) is 11.9. The number of aromatic nitrogens is 4. The number of carbonyl (C=O) groups excluding carboxylic acids is 1. The third-order valence-electron chi connectivity index (χ3n) is 4.74. The molecular weight excluding hydrogens is 422 g/mol. The summed E-state index contributed by atoms with van der Waals surface area (Å²) in [7, 11) is 3.42. The van der Waals surface area contributed by atoms with Crippen molar-refractivity contribution in [2.24, 2.45) is 0 Å². The number of nitrogens with zero attached hydrogens (tertiary/aromatic N) is 5.